The molecule has 2 nitrogen and oxygen atoms in total. The Hall–Kier alpha value is 0.270. The fourth-order valence-corrected chi connectivity index (χ4v) is 5.24. The van der Waals surface area contributed by atoms with Gasteiger partial charge in [0.05, 0.1) is 0 Å². The predicted octanol–water partition coefficient (Wildman–Crippen LogP) is 2.74. The third-order valence-electron chi connectivity index (χ3n) is 5.51. The molecule has 0 aromatic heterocycles. The molecule has 0 radical (unpaired) electrons. The summed E-state index contributed by atoms with van der Waals surface area (Å²) in [4.78, 5) is 2.80. The third-order valence-corrected chi connectivity index (χ3v) is 6.91. The monoisotopic (exact) mass is 268 g/mol. The van der Waals surface area contributed by atoms with Crippen LogP contribution in [0.1, 0.15) is 44.9 Å². The highest BCUT2D eigenvalue weighted by atomic mass is 32.2. The van der Waals surface area contributed by atoms with E-state index in [-0.39, 0.29) is 0 Å². The molecule has 0 aromatic rings. The summed E-state index contributed by atoms with van der Waals surface area (Å²) >= 11 is 2.13. The lowest BCUT2D eigenvalue weighted by atomic mass is 9.73. The van der Waals surface area contributed by atoms with Crippen LogP contribution in [0.2, 0.25) is 0 Å². The fraction of sp³-hybridized carbons (Fsp3) is 1.00. The van der Waals surface area contributed by atoms with E-state index in [9.17, 15) is 0 Å². The highest BCUT2D eigenvalue weighted by molar-refractivity contribution is 8.00. The van der Waals surface area contributed by atoms with Crippen LogP contribution in [-0.2, 0) is 0 Å². The molecule has 1 saturated carbocycles. The van der Waals surface area contributed by atoms with Crippen molar-refractivity contribution in [3.8, 4) is 0 Å². The second-order valence-corrected chi connectivity index (χ2v) is 8.11. The van der Waals surface area contributed by atoms with Gasteiger partial charge < -0.3 is 10.2 Å². The zero-order valence-corrected chi connectivity index (χ0v) is 12.7. The van der Waals surface area contributed by atoms with Gasteiger partial charge in [0.2, 0.25) is 0 Å². The topological polar surface area (TPSA) is 15.3 Å². The highest BCUT2D eigenvalue weighted by Gasteiger charge is 2.42. The first kappa shape index (κ1) is 13.3. The molecule has 3 fully saturated rings. The normalized spacial score (nSPS) is 36.5. The summed E-state index contributed by atoms with van der Waals surface area (Å²) in [6.45, 7) is 6.59. The van der Waals surface area contributed by atoms with Gasteiger partial charge in [-0.25, -0.2) is 0 Å². The van der Waals surface area contributed by atoms with Crippen LogP contribution < -0.4 is 5.32 Å². The van der Waals surface area contributed by atoms with Crippen molar-refractivity contribution in [2.75, 3.05) is 39.0 Å². The van der Waals surface area contributed by atoms with Gasteiger partial charge in [-0.15, -0.1) is 0 Å². The average molecular weight is 268 g/mol. The Labute approximate surface area is 116 Å². The van der Waals surface area contributed by atoms with Gasteiger partial charge in [-0.2, -0.15) is 11.8 Å². The number of hydrogen-bond donors (Lipinski definition) is 1. The van der Waals surface area contributed by atoms with Crippen LogP contribution in [0.4, 0.5) is 0 Å². The SMILES string of the molecule is CSC1(CN2CCCC3(CCCNC3)C2)CCC1. The zero-order valence-electron chi connectivity index (χ0n) is 11.8. The molecule has 18 heavy (non-hydrogen) atoms. The minimum absolute atomic E-state index is 0.625. The maximum absolute atomic E-state index is 3.64. The Balaban J connectivity index is 1.59. The van der Waals surface area contributed by atoms with Crippen LogP contribution in [-0.4, -0.2) is 48.6 Å². The van der Waals surface area contributed by atoms with E-state index in [1.807, 2.05) is 0 Å². The zero-order chi connectivity index (χ0) is 12.5. The van der Waals surface area contributed by atoms with E-state index in [4.69, 9.17) is 0 Å². The standard InChI is InChI=1S/C15H28N2S/c1-18-15(7-2-8-15)13-17-10-4-6-14(12-17)5-3-9-16-11-14/h16H,2-13H2,1H3. The van der Waals surface area contributed by atoms with Gasteiger partial charge in [-0.05, 0) is 63.3 Å². The molecule has 1 N–H and O–H groups in total. The van der Waals surface area contributed by atoms with Gasteiger partial charge in [0, 0.05) is 24.4 Å². The summed E-state index contributed by atoms with van der Waals surface area (Å²) in [6.07, 6.45) is 12.4. The largest absolute Gasteiger partial charge is 0.316 e. The molecule has 2 heterocycles. The maximum atomic E-state index is 3.64. The Morgan fingerprint density at radius 2 is 1.94 bits per heavy atom. The Kier molecular flexibility index (Phi) is 3.93. The van der Waals surface area contributed by atoms with Crippen molar-refractivity contribution >= 4 is 11.8 Å². The van der Waals surface area contributed by atoms with E-state index in [1.54, 1.807) is 0 Å². The number of hydrogen-bond acceptors (Lipinski definition) is 3. The fourth-order valence-electron chi connectivity index (χ4n) is 4.23. The lowest BCUT2D eigenvalue weighted by Crippen LogP contribution is -2.55. The van der Waals surface area contributed by atoms with E-state index < -0.39 is 0 Å². The number of likely N-dealkylation sites (tertiary alicyclic amines) is 1. The smallest absolute Gasteiger partial charge is 0.0284 e. The minimum atomic E-state index is 0.625. The number of rotatable bonds is 3. The predicted molar refractivity (Wildman–Crippen MR) is 80.3 cm³/mol. The minimum Gasteiger partial charge on any atom is -0.316 e. The Morgan fingerprint density at radius 3 is 2.56 bits per heavy atom. The number of nitrogens with one attached hydrogen (secondary N) is 1. The molecule has 3 rings (SSSR count). The van der Waals surface area contributed by atoms with E-state index in [1.165, 1.54) is 77.7 Å². The molecule has 2 aliphatic heterocycles. The number of nitrogens with zero attached hydrogens (tertiary/aromatic N) is 1. The third kappa shape index (κ3) is 2.59. The summed E-state index contributed by atoms with van der Waals surface area (Å²) < 4.78 is 0.626. The molecule has 0 amide bonds. The van der Waals surface area contributed by atoms with Crippen LogP contribution in [0.3, 0.4) is 0 Å². The summed E-state index contributed by atoms with van der Waals surface area (Å²) in [5.41, 5.74) is 0.625. The second kappa shape index (κ2) is 5.34. The van der Waals surface area contributed by atoms with Crippen molar-refractivity contribution in [2.45, 2.75) is 49.7 Å². The summed E-state index contributed by atoms with van der Waals surface area (Å²) in [5, 5.41) is 3.64. The molecule has 1 atom stereocenters. The molecule has 1 unspecified atom stereocenters. The molecular weight excluding hydrogens is 240 g/mol. The van der Waals surface area contributed by atoms with Gasteiger partial charge in [-0.3, -0.25) is 0 Å². The number of thioether (sulfide) groups is 1. The van der Waals surface area contributed by atoms with Crippen molar-refractivity contribution in [1.82, 2.24) is 10.2 Å². The average Bonchev–Trinajstić information content (AvgIpc) is 2.35. The molecule has 2 saturated heterocycles. The van der Waals surface area contributed by atoms with Crippen LogP contribution in [0.25, 0.3) is 0 Å². The molecule has 104 valence electrons. The Bertz CT molecular complexity index is 271. The molecule has 3 aliphatic rings. The summed E-state index contributed by atoms with van der Waals surface area (Å²) in [5.74, 6) is 0. The molecule has 0 bridgehead atoms. The molecule has 0 aromatic carbocycles. The maximum Gasteiger partial charge on any atom is 0.0284 e. The van der Waals surface area contributed by atoms with Crippen molar-refractivity contribution in [3.05, 3.63) is 0 Å². The van der Waals surface area contributed by atoms with Gasteiger partial charge in [0.15, 0.2) is 0 Å². The van der Waals surface area contributed by atoms with Crippen molar-refractivity contribution in [2.24, 2.45) is 5.41 Å². The first-order valence-corrected chi connectivity index (χ1v) is 8.97. The van der Waals surface area contributed by atoms with Crippen LogP contribution in [0.5, 0.6) is 0 Å². The summed E-state index contributed by atoms with van der Waals surface area (Å²) in [6, 6.07) is 0. The van der Waals surface area contributed by atoms with Gasteiger partial charge in [0.25, 0.3) is 0 Å². The quantitative estimate of drug-likeness (QED) is 0.847. The highest BCUT2D eigenvalue weighted by Crippen LogP contribution is 2.45. The van der Waals surface area contributed by atoms with E-state index in [0.717, 1.165) is 0 Å². The summed E-state index contributed by atoms with van der Waals surface area (Å²) in [7, 11) is 0. The van der Waals surface area contributed by atoms with Crippen molar-refractivity contribution in [3.63, 3.8) is 0 Å². The van der Waals surface area contributed by atoms with Crippen LogP contribution in [0, 0.1) is 5.41 Å². The molecule has 3 heteroatoms. The lowest BCUT2D eigenvalue weighted by molar-refractivity contribution is 0.0514. The molecule has 1 spiro atoms. The molecular formula is C15H28N2S. The Morgan fingerprint density at radius 1 is 1.11 bits per heavy atom. The van der Waals surface area contributed by atoms with Gasteiger partial charge in [-0.1, -0.05) is 6.42 Å². The number of piperidine rings is 2. The van der Waals surface area contributed by atoms with E-state index >= 15 is 0 Å². The van der Waals surface area contributed by atoms with Crippen molar-refractivity contribution in [1.29, 1.82) is 0 Å². The van der Waals surface area contributed by atoms with Gasteiger partial charge in [0.1, 0.15) is 0 Å². The lowest BCUT2D eigenvalue weighted by Gasteiger charge is -2.50. The van der Waals surface area contributed by atoms with Gasteiger partial charge >= 0.3 is 0 Å². The van der Waals surface area contributed by atoms with E-state index in [2.05, 4.69) is 28.2 Å². The second-order valence-electron chi connectivity index (χ2n) is 6.84. The first-order chi connectivity index (χ1) is 8.76. The van der Waals surface area contributed by atoms with Crippen LogP contribution >= 0.6 is 11.8 Å². The van der Waals surface area contributed by atoms with Crippen LogP contribution in [0.15, 0.2) is 0 Å². The first-order valence-electron chi connectivity index (χ1n) is 7.74. The van der Waals surface area contributed by atoms with E-state index in [0.29, 0.717) is 10.2 Å². The molecule has 1 aliphatic carbocycles. The van der Waals surface area contributed by atoms with Crippen molar-refractivity contribution < 1.29 is 0 Å².